The van der Waals surface area contributed by atoms with Crippen molar-refractivity contribution >= 4 is 22.9 Å². The molecule has 2 N–H and O–H groups in total. The van der Waals surface area contributed by atoms with E-state index in [9.17, 15) is 0 Å². The predicted molar refractivity (Wildman–Crippen MR) is 139 cm³/mol. The molecular weight excluding hydrogens is 458 g/mol. The van der Waals surface area contributed by atoms with Gasteiger partial charge in [0.1, 0.15) is 12.4 Å². The molecule has 4 aromatic rings. The number of aromatic nitrogens is 4. The lowest BCUT2D eigenvalue weighted by molar-refractivity contribution is 0.200. The Morgan fingerprint density at radius 2 is 1.67 bits per heavy atom. The average Bonchev–Trinajstić information content (AvgIpc) is 2.93. The number of piperazine rings is 1. The highest BCUT2D eigenvalue weighted by atomic mass is 16.5. The summed E-state index contributed by atoms with van der Waals surface area (Å²) in [5.74, 6) is 3.05. The van der Waals surface area contributed by atoms with E-state index in [-0.39, 0.29) is 5.95 Å². The number of fused-ring (bicyclic) bond motifs is 1. The SMILES string of the molecule is COc1ccc(-c2cnc3nc(N)nc(N4CCN(CCOc5ccccc5)CC4)c3n2)cc1OC. The van der Waals surface area contributed by atoms with Crippen molar-refractivity contribution in [2.75, 3.05) is 64.2 Å². The lowest BCUT2D eigenvalue weighted by atomic mass is 10.1. The van der Waals surface area contributed by atoms with E-state index >= 15 is 0 Å². The molecule has 10 heteroatoms. The molecule has 1 fully saturated rings. The maximum Gasteiger partial charge on any atom is 0.224 e. The van der Waals surface area contributed by atoms with Gasteiger partial charge in [0.25, 0.3) is 0 Å². The van der Waals surface area contributed by atoms with Gasteiger partial charge in [-0.05, 0) is 30.3 Å². The third-order valence-electron chi connectivity index (χ3n) is 6.18. The molecule has 0 aliphatic carbocycles. The Labute approximate surface area is 209 Å². The van der Waals surface area contributed by atoms with Crippen molar-refractivity contribution in [3.63, 3.8) is 0 Å². The lowest BCUT2D eigenvalue weighted by Gasteiger charge is -2.35. The fourth-order valence-electron chi connectivity index (χ4n) is 4.26. The molecule has 2 aromatic heterocycles. The van der Waals surface area contributed by atoms with Crippen molar-refractivity contribution in [1.29, 1.82) is 0 Å². The van der Waals surface area contributed by atoms with Crippen LogP contribution in [-0.4, -0.2) is 78.4 Å². The summed E-state index contributed by atoms with van der Waals surface area (Å²) < 4.78 is 16.7. The van der Waals surface area contributed by atoms with Gasteiger partial charge in [0.15, 0.2) is 28.5 Å². The van der Waals surface area contributed by atoms with E-state index in [1.54, 1.807) is 20.4 Å². The van der Waals surface area contributed by atoms with Crippen LogP contribution in [0.3, 0.4) is 0 Å². The first kappa shape index (κ1) is 23.6. The lowest BCUT2D eigenvalue weighted by Crippen LogP contribution is -2.48. The number of ether oxygens (including phenoxy) is 3. The number of rotatable bonds is 8. The molecule has 2 aromatic carbocycles. The Morgan fingerprint density at radius 1 is 0.889 bits per heavy atom. The minimum atomic E-state index is 0.185. The summed E-state index contributed by atoms with van der Waals surface area (Å²) in [5.41, 5.74) is 8.66. The van der Waals surface area contributed by atoms with E-state index in [0.717, 1.165) is 44.0 Å². The van der Waals surface area contributed by atoms with Gasteiger partial charge in [-0.1, -0.05) is 18.2 Å². The molecule has 1 saturated heterocycles. The van der Waals surface area contributed by atoms with Crippen molar-refractivity contribution in [1.82, 2.24) is 24.8 Å². The van der Waals surface area contributed by atoms with Crippen LogP contribution in [0, 0.1) is 0 Å². The maximum atomic E-state index is 6.02. The van der Waals surface area contributed by atoms with Crippen molar-refractivity contribution in [3.05, 3.63) is 54.7 Å². The number of nitrogens with zero attached hydrogens (tertiary/aromatic N) is 6. The van der Waals surface area contributed by atoms with Crippen LogP contribution in [0.15, 0.2) is 54.7 Å². The van der Waals surface area contributed by atoms with Gasteiger partial charge in [-0.2, -0.15) is 9.97 Å². The van der Waals surface area contributed by atoms with Gasteiger partial charge >= 0.3 is 0 Å². The second kappa shape index (κ2) is 10.6. The number of nitrogen functional groups attached to an aromatic ring is 1. The number of hydrogen-bond donors (Lipinski definition) is 1. The number of para-hydroxylation sites is 1. The van der Waals surface area contributed by atoms with E-state index in [4.69, 9.17) is 24.9 Å². The quantitative estimate of drug-likeness (QED) is 0.398. The molecule has 0 unspecified atom stereocenters. The fourth-order valence-corrected chi connectivity index (χ4v) is 4.26. The second-order valence-corrected chi connectivity index (χ2v) is 8.39. The topological polar surface area (TPSA) is 112 Å². The Hall–Kier alpha value is -4.18. The Bertz CT molecular complexity index is 1330. The zero-order valence-electron chi connectivity index (χ0n) is 20.4. The molecule has 10 nitrogen and oxygen atoms in total. The fraction of sp³-hybridized carbons (Fsp3) is 0.308. The van der Waals surface area contributed by atoms with Gasteiger partial charge in [0, 0.05) is 38.3 Å². The monoisotopic (exact) mass is 487 g/mol. The molecule has 0 atom stereocenters. The minimum Gasteiger partial charge on any atom is -0.493 e. The van der Waals surface area contributed by atoms with Crippen LogP contribution in [0.5, 0.6) is 17.2 Å². The Kier molecular flexibility index (Phi) is 6.94. The van der Waals surface area contributed by atoms with Gasteiger partial charge < -0.3 is 24.8 Å². The summed E-state index contributed by atoms with van der Waals surface area (Å²) in [4.78, 5) is 22.9. The second-order valence-electron chi connectivity index (χ2n) is 8.39. The zero-order chi connectivity index (χ0) is 24.9. The number of anilines is 2. The molecule has 0 spiro atoms. The van der Waals surface area contributed by atoms with Crippen molar-refractivity contribution in [2.24, 2.45) is 0 Å². The first-order chi connectivity index (χ1) is 17.6. The third-order valence-corrected chi connectivity index (χ3v) is 6.18. The number of nitrogens with two attached hydrogens (primary N) is 1. The standard InChI is InChI=1S/C26H29N7O3/c1-34-21-9-8-18(16-22(21)35-2)20-17-28-24-23(29-20)25(31-26(27)30-24)33-12-10-32(11-13-33)14-15-36-19-6-4-3-5-7-19/h3-9,16-17H,10-15H2,1-2H3,(H2,27,28,30,31). The van der Waals surface area contributed by atoms with Crippen LogP contribution in [-0.2, 0) is 0 Å². The summed E-state index contributed by atoms with van der Waals surface area (Å²) in [6, 6.07) is 15.5. The minimum absolute atomic E-state index is 0.185. The van der Waals surface area contributed by atoms with Gasteiger partial charge in [-0.3, -0.25) is 4.90 Å². The predicted octanol–water partition coefficient (Wildman–Crippen LogP) is 2.89. The Morgan fingerprint density at radius 3 is 2.42 bits per heavy atom. The van der Waals surface area contributed by atoms with Gasteiger partial charge in [-0.15, -0.1) is 0 Å². The van der Waals surface area contributed by atoms with E-state index in [2.05, 4.69) is 24.8 Å². The summed E-state index contributed by atoms with van der Waals surface area (Å²) in [5, 5.41) is 0. The van der Waals surface area contributed by atoms with E-state index in [1.165, 1.54) is 0 Å². The normalized spacial score (nSPS) is 14.1. The zero-order valence-corrected chi connectivity index (χ0v) is 20.4. The molecule has 1 aliphatic rings. The molecule has 0 saturated carbocycles. The van der Waals surface area contributed by atoms with Crippen molar-refractivity contribution < 1.29 is 14.2 Å². The molecule has 36 heavy (non-hydrogen) atoms. The van der Waals surface area contributed by atoms with Gasteiger partial charge in [-0.25, -0.2) is 9.97 Å². The molecule has 0 amide bonds. The maximum absolute atomic E-state index is 6.02. The average molecular weight is 488 g/mol. The van der Waals surface area contributed by atoms with Crippen LogP contribution < -0.4 is 24.8 Å². The van der Waals surface area contributed by atoms with Gasteiger partial charge in [0.05, 0.1) is 26.1 Å². The van der Waals surface area contributed by atoms with Crippen LogP contribution in [0.1, 0.15) is 0 Å². The van der Waals surface area contributed by atoms with E-state index < -0.39 is 0 Å². The molecule has 0 bridgehead atoms. The number of hydrogen-bond acceptors (Lipinski definition) is 10. The highest BCUT2D eigenvalue weighted by Gasteiger charge is 2.22. The van der Waals surface area contributed by atoms with Crippen molar-refractivity contribution in [3.8, 4) is 28.5 Å². The first-order valence-corrected chi connectivity index (χ1v) is 11.8. The summed E-state index contributed by atoms with van der Waals surface area (Å²) in [7, 11) is 3.22. The third kappa shape index (κ3) is 5.08. The molecule has 5 rings (SSSR count). The van der Waals surface area contributed by atoms with Crippen LogP contribution >= 0.6 is 0 Å². The highest BCUT2D eigenvalue weighted by molar-refractivity contribution is 5.86. The molecular formula is C26H29N7O3. The molecule has 3 heterocycles. The molecule has 186 valence electrons. The molecule has 1 aliphatic heterocycles. The highest BCUT2D eigenvalue weighted by Crippen LogP contribution is 2.32. The summed E-state index contributed by atoms with van der Waals surface area (Å²) in [6.07, 6.45) is 1.68. The van der Waals surface area contributed by atoms with Gasteiger partial charge in [0.2, 0.25) is 5.95 Å². The molecule has 0 radical (unpaired) electrons. The summed E-state index contributed by atoms with van der Waals surface area (Å²) >= 11 is 0. The smallest absolute Gasteiger partial charge is 0.224 e. The first-order valence-electron chi connectivity index (χ1n) is 11.8. The van der Waals surface area contributed by atoms with E-state index in [1.807, 2.05) is 48.5 Å². The van der Waals surface area contributed by atoms with E-state index in [0.29, 0.717) is 40.8 Å². The number of benzene rings is 2. The van der Waals surface area contributed by atoms with Crippen LogP contribution in [0.4, 0.5) is 11.8 Å². The summed E-state index contributed by atoms with van der Waals surface area (Å²) in [6.45, 7) is 4.85. The van der Waals surface area contributed by atoms with Crippen LogP contribution in [0.2, 0.25) is 0 Å². The largest absolute Gasteiger partial charge is 0.493 e. The van der Waals surface area contributed by atoms with Crippen LogP contribution in [0.25, 0.3) is 22.4 Å². The Balaban J connectivity index is 1.32. The number of methoxy groups -OCH3 is 2. The van der Waals surface area contributed by atoms with Crippen molar-refractivity contribution in [2.45, 2.75) is 0 Å².